The summed E-state index contributed by atoms with van der Waals surface area (Å²) in [6.45, 7) is 1.47. The Morgan fingerprint density at radius 2 is 1.63 bits per heavy atom. The Labute approximate surface area is 153 Å². The van der Waals surface area contributed by atoms with Crippen molar-refractivity contribution in [2.45, 2.75) is 6.92 Å². The van der Waals surface area contributed by atoms with Gasteiger partial charge in [0.2, 0.25) is 0 Å². The third kappa shape index (κ3) is 3.27. The third-order valence-electron chi connectivity index (χ3n) is 3.93. The SMILES string of the molecule is COc1ccc2nc(C)c([N+](=O)[O-])c(NNc3ccccc3)c2c1[N+](=O)[O-]. The molecule has 0 aliphatic heterocycles. The molecule has 0 saturated carbocycles. The highest BCUT2D eigenvalue weighted by Crippen LogP contribution is 2.43. The average molecular weight is 369 g/mol. The van der Waals surface area contributed by atoms with Crippen molar-refractivity contribution < 1.29 is 14.6 Å². The van der Waals surface area contributed by atoms with Crippen LogP contribution in [0.1, 0.15) is 5.69 Å². The first-order valence-corrected chi connectivity index (χ1v) is 7.81. The number of aryl methyl sites for hydroxylation is 1. The van der Waals surface area contributed by atoms with Crippen LogP contribution in [0.3, 0.4) is 0 Å². The van der Waals surface area contributed by atoms with Crippen LogP contribution in [0.4, 0.5) is 22.7 Å². The molecule has 2 aromatic carbocycles. The summed E-state index contributed by atoms with van der Waals surface area (Å²) in [5.41, 5.74) is 5.76. The van der Waals surface area contributed by atoms with E-state index >= 15 is 0 Å². The fraction of sp³-hybridized carbons (Fsp3) is 0.118. The van der Waals surface area contributed by atoms with Gasteiger partial charge >= 0.3 is 11.4 Å². The lowest BCUT2D eigenvalue weighted by molar-refractivity contribution is -0.386. The molecule has 10 nitrogen and oxygen atoms in total. The van der Waals surface area contributed by atoms with Gasteiger partial charge in [-0.3, -0.25) is 25.7 Å². The van der Waals surface area contributed by atoms with E-state index < -0.39 is 15.5 Å². The molecule has 1 aromatic heterocycles. The van der Waals surface area contributed by atoms with Gasteiger partial charge in [0.25, 0.3) is 0 Å². The van der Waals surface area contributed by atoms with Crippen LogP contribution in [-0.2, 0) is 0 Å². The maximum Gasteiger partial charge on any atom is 0.322 e. The molecule has 0 unspecified atom stereocenters. The van der Waals surface area contributed by atoms with Crippen molar-refractivity contribution >= 4 is 33.7 Å². The number of rotatable bonds is 6. The first kappa shape index (κ1) is 17.9. The van der Waals surface area contributed by atoms with Crippen LogP contribution in [-0.4, -0.2) is 21.9 Å². The fourth-order valence-corrected chi connectivity index (χ4v) is 2.78. The van der Waals surface area contributed by atoms with Crippen LogP contribution >= 0.6 is 0 Å². The van der Waals surface area contributed by atoms with Crippen molar-refractivity contribution in [3.63, 3.8) is 0 Å². The molecule has 0 aliphatic carbocycles. The van der Waals surface area contributed by atoms with E-state index in [9.17, 15) is 20.2 Å². The number of fused-ring (bicyclic) bond motifs is 1. The number of hydrogen-bond donors (Lipinski definition) is 2. The maximum absolute atomic E-state index is 11.7. The fourth-order valence-electron chi connectivity index (χ4n) is 2.78. The number of methoxy groups -OCH3 is 1. The molecule has 1 heterocycles. The Hall–Kier alpha value is -3.95. The number of para-hydroxylation sites is 1. The van der Waals surface area contributed by atoms with Gasteiger partial charge in [-0.2, -0.15) is 0 Å². The number of nitrogens with one attached hydrogen (secondary N) is 2. The molecule has 10 heteroatoms. The van der Waals surface area contributed by atoms with Gasteiger partial charge in [0.05, 0.1) is 28.2 Å². The van der Waals surface area contributed by atoms with Gasteiger partial charge in [-0.1, -0.05) is 18.2 Å². The second kappa shape index (κ2) is 7.12. The summed E-state index contributed by atoms with van der Waals surface area (Å²) < 4.78 is 5.08. The molecule has 27 heavy (non-hydrogen) atoms. The lowest BCUT2D eigenvalue weighted by Gasteiger charge is -2.14. The van der Waals surface area contributed by atoms with Crippen LogP contribution in [0.25, 0.3) is 10.9 Å². The van der Waals surface area contributed by atoms with E-state index in [0.29, 0.717) is 5.69 Å². The van der Waals surface area contributed by atoms with E-state index in [1.54, 1.807) is 24.3 Å². The van der Waals surface area contributed by atoms with Crippen LogP contribution in [0, 0.1) is 27.2 Å². The number of nitrogens with zero attached hydrogens (tertiary/aromatic N) is 3. The molecule has 0 atom stereocenters. The lowest BCUT2D eigenvalue weighted by Crippen LogP contribution is -2.13. The van der Waals surface area contributed by atoms with Crippen molar-refractivity contribution in [3.05, 3.63) is 68.4 Å². The van der Waals surface area contributed by atoms with Crippen molar-refractivity contribution in [3.8, 4) is 5.75 Å². The highest BCUT2D eigenvalue weighted by Gasteiger charge is 2.30. The molecule has 0 bridgehead atoms. The van der Waals surface area contributed by atoms with Gasteiger partial charge in [0.1, 0.15) is 11.1 Å². The minimum absolute atomic E-state index is 0.0138. The molecule has 0 saturated heterocycles. The van der Waals surface area contributed by atoms with E-state index in [2.05, 4.69) is 15.8 Å². The summed E-state index contributed by atoms with van der Waals surface area (Å²) >= 11 is 0. The molecule has 0 aliphatic rings. The summed E-state index contributed by atoms with van der Waals surface area (Å²) in [5, 5.41) is 23.3. The van der Waals surface area contributed by atoms with Gasteiger partial charge in [-0.25, -0.2) is 4.98 Å². The maximum atomic E-state index is 11.7. The largest absolute Gasteiger partial charge is 0.490 e. The molecule has 3 rings (SSSR count). The minimum Gasteiger partial charge on any atom is -0.490 e. The molecule has 0 amide bonds. The molecule has 0 radical (unpaired) electrons. The van der Waals surface area contributed by atoms with Gasteiger partial charge in [0, 0.05) is 0 Å². The Morgan fingerprint density at radius 3 is 2.22 bits per heavy atom. The number of aromatic nitrogens is 1. The van der Waals surface area contributed by atoms with Gasteiger partial charge in [-0.15, -0.1) is 0 Å². The van der Waals surface area contributed by atoms with Crippen molar-refractivity contribution in [2.24, 2.45) is 0 Å². The zero-order chi connectivity index (χ0) is 19.6. The van der Waals surface area contributed by atoms with Gasteiger partial charge in [0.15, 0.2) is 11.4 Å². The summed E-state index contributed by atoms with van der Waals surface area (Å²) in [7, 11) is 1.29. The van der Waals surface area contributed by atoms with E-state index in [1.165, 1.54) is 26.2 Å². The van der Waals surface area contributed by atoms with E-state index in [4.69, 9.17) is 4.74 Å². The summed E-state index contributed by atoms with van der Waals surface area (Å²) in [5.74, 6) is -0.0183. The summed E-state index contributed by atoms with van der Waals surface area (Å²) in [4.78, 5) is 26.2. The normalized spacial score (nSPS) is 10.4. The first-order chi connectivity index (χ1) is 12.9. The Balaban J connectivity index is 2.30. The zero-order valence-corrected chi connectivity index (χ0v) is 14.4. The number of benzene rings is 2. The zero-order valence-electron chi connectivity index (χ0n) is 14.4. The van der Waals surface area contributed by atoms with E-state index in [0.717, 1.165) is 0 Å². The van der Waals surface area contributed by atoms with E-state index in [1.807, 2.05) is 6.07 Å². The molecular weight excluding hydrogens is 354 g/mol. The predicted molar refractivity (Wildman–Crippen MR) is 100 cm³/mol. The van der Waals surface area contributed by atoms with Crippen molar-refractivity contribution in [2.75, 3.05) is 18.0 Å². The molecular formula is C17H15N5O5. The second-order valence-corrected chi connectivity index (χ2v) is 5.56. The third-order valence-corrected chi connectivity index (χ3v) is 3.93. The number of ether oxygens (including phenoxy) is 1. The molecule has 0 fully saturated rings. The Morgan fingerprint density at radius 1 is 0.963 bits per heavy atom. The number of nitro groups is 2. The highest BCUT2D eigenvalue weighted by atomic mass is 16.6. The second-order valence-electron chi connectivity index (χ2n) is 5.56. The van der Waals surface area contributed by atoms with Crippen molar-refractivity contribution in [1.82, 2.24) is 4.98 Å². The minimum atomic E-state index is -0.643. The summed E-state index contributed by atoms with van der Waals surface area (Å²) in [6, 6.07) is 11.8. The van der Waals surface area contributed by atoms with Gasteiger partial charge in [-0.05, 0) is 31.2 Å². The number of pyridine rings is 1. The average Bonchev–Trinajstić information content (AvgIpc) is 2.65. The highest BCUT2D eigenvalue weighted by molar-refractivity contribution is 6.04. The van der Waals surface area contributed by atoms with Crippen molar-refractivity contribution in [1.29, 1.82) is 0 Å². The smallest absolute Gasteiger partial charge is 0.322 e. The van der Waals surface area contributed by atoms with Crippen LogP contribution in [0.15, 0.2) is 42.5 Å². The molecule has 3 aromatic rings. The number of hydrazine groups is 1. The van der Waals surface area contributed by atoms with Crippen LogP contribution in [0.5, 0.6) is 5.75 Å². The summed E-state index contributed by atoms with van der Waals surface area (Å²) in [6.07, 6.45) is 0. The monoisotopic (exact) mass is 369 g/mol. The Kier molecular flexibility index (Phi) is 4.71. The number of anilines is 2. The molecule has 2 N–H and O–H groups in total. The first-order valence-electron chi connectivity index (χ1n) is 7.81. The lowest BCUT2D eigenvalue weighted by atomic mass is 10.1. The van der Waals surface area contributed by atoms with Crippen LogP contribution < -0.4 is 15.6 Å². The predicted octanol–water partition coefficient (Wildman–Crippen LogP) is 3.81. The topological polar surface area (TPSA) is 132 Å². The van der Waals surface area contributed by atoms with Crippen LogP contribution in [0.2, 0.25) is 0 Å². The number of nitro benzene ring substituents is 1. The van der Waals surface area contributed by atoms with Gasteiger partial charge < -0.3 is 10.2 Å². The quantitative estimate of drug-likeness (QED) is 0.495. The number of hydrogen-bond acceptors (Lipinski definition) is 8. The standard InChI is InChI=1S/C17H15N5O5/c1-10-16(21(23)24)15(20-19-11-6-4-3-5-7-11)14-12(18-10)8-9-13(27-2)17(14)22(25)26/h3-9,19H,1-2H3,(H,18,20). The Bertz CT molecular complexity index is 1040. The molecule has 138 valence electrons. The molecule has 0 spiro atoms. The van der Waals surface area contributed by atoms with E-state index in [-0.39, 0.29) is 33.7 Å².